The van der Waals surface area contributed by atoms with E-state index in [0.29, 0.717) is 17.9 Å². The first-order chi connectivity index (χ1) is 9.47. The molecule has 1 aromatic carbocycles. The van der Waals surface area contributed by atoms with Crippen LogP contribution < -0.4 is 5.32 Å². The Labute approximate surface area is 123 Å². The fraction of sp³-hybridized carbons (Fsp3) is 0.333. The second-order valence-corrected chi connectivity index (χ2v) is 5.02. The lowest BCUT2D eigenvalue weighted by Crippen LogP contribution is -2.31. The third-order valence-electron chi connectivity index (χ3n) is 2.71. The number of carboxylic acids is 1. The minimum Gasteiger partial charge on any atom is -0.481 e. The first-order valence-electron chi connectivity index (χ1n) is 6.43. The Kier molecular flexibility index (Phi) is 6.81. The number of carboxylic acid groups (broad SMARTS) is 1. The van der Waals surface area contributed by atoms with Crippen LogP contribution in [0.25, 0.3) is 6.08 Å². The van der Waals surface area contributed by atoms with Gasteiger partial charge in [0.1, 0.15) is 0 Å². The van der Waals surface area contributed by atoms with Crippen LogP contribution >= 0.6 is 11.6 Å². The second kappa shape index (κ2) is 8.38. The van der Waals surface area contributed by atoms with Gasteiger partial charge in [0, 0.05) is 23.6 Å². The van der Waals surface area contributed by atoms with Gasteiger partial charge in [-0.3, -0.25) is 9.59 Å². The second-order valence-electron chi connectivity index (χ2n) is 4.58. The molecule has 5 heteroatoms. The van der Waals surface area contributed by atoms with E-state index in [4.69, 9.17) is 16.7 Å². The molecular weight excluding hydrogens is 278 g/mol. The van der Waals surface area contributed by atoms with Crippen LogP contribution in [0, 0.1) is 0 Å². The van der Waals surface area contributed by atoms with Crippen molar-refractivity contribution in [3.63, 3.8) is 0 Å². The van der Waals surface area contributed by atoms with E-state index in [1.807, 2.05) is 19.1 Å². The third kappa shape index (κ3) is 6.95. The van der Waals surface area contributed by atoms with Gasteiger partial charge in [0.25, 0.3) is 0 Å². The summed E-state index contributed by atoms with van der Waals surface area (Å²) in [6, 6.07) is 7.11. The lowest BCUT2D eigenvalue weighted by atomic mass is 10.1. The van der Waals surface area contributed by atoms with Crippen molar-refractivity contribution in [2.45, 2.75) is 32.2 Å². The van der Waals surface area contributed by atoms with Crippen LogP contribution in [0.5, 0.6) is 0 Å². The van der Waals surface area contributed by atoms with Crippen LogP contribution in [0.3, 0.4) is 0 Å². The summed E-state index contributed by atoms with van der Waals surface area (Å²) >= 11 is 5.77. The van der Waals surface area contributed by atoms with Gasteiger partial charge < -0.3 is 10.4 Å². The molecule has 1 atom stereocenters. The summed E-state index contributed by atoms with van der Waals surface area (Å²) in [5.74, 6) is -1.01. The maximum Gasteiger partial charge on any atom is 0.303 e. The van der Waals surface area contributed by atoms with Gasteiger partial charge in [-0.25, -0.2) is 0 Å². The normalized spacial score (nSPS) is 12.3. The number of hydrogen-bond acceptors (Lipinski definition) is 2. The van der Waals surface area contributed by atoms with E-state index in [1.165, 1.54) is 6.08 Å². The van der Waals surface area contributed by atoms with Crippen molar-refractivity contribution in [2.24, 2.45) is 0 Å². The van der Waals surface area contributed by atoms with Gasteiger partial charge in [0.15, 0.2) is 0 Å². The van der Waals surface area contributed by atoms with E-state index in [1.54, 1.807) is 18.2 Å². The summed E-state index contributed by atoms with van der Waals surface area (Å²) in [7, 11) is 0. The summed E-state index contributed by atoms with van der Waals surface area (Å²) in [6.45, 7) is 1.86. The summed E-state index contributed by atoms with van der Waals surface area (Å²) in [4.78, 5) is 22.0. The van der Waals surface area contributed by atoms with Gasteiger partial charge in [-0.15, -0.1) is 0 Å². The van der Waals surface area contributed by atoms with Crippen LogP contribution in [0.1, 0.15) is 31.7 Å². The standard InChI is InChI=1S/C15H18ClNO3/c1-11(3-2-4-15(19)20)17-14(18)10-7-12-5-8-13(16)9-6-12/h5-11H,2-4H2,1H3,(H,17,18)(H,19,20)/b10-7+. The summed E-state index contributed by atoms with van der Waals surface area (Å²) in [5.41, 5.74) is 0.892. The fourth-order valence-electron chi connectivity index (χ4n) is 1.67. The summed E-state index contributed by atoms with van der Waals surface area (Å²) in [5, 5.41) is 12.0. The SMILES string of the molecule is CC(CCCC(=O)O)NC(=O)/C=C/c1ccc(Cl)cc1. The van der Waals surface area contributed by atoms with Crippen LogP contribution in [-0.2, 0) is 9.59 Å². The van der Waals surface area contributed by atoms with Gasteiger partial charge in [0.2, 0.25) is 5.91 Å². The molecule has 0 aliphatic heterocycles. The van der Waals surface area contributed by atoms with E-state index in [0.717, 1.165) is 5.56 Å². The monoisotopic (exact) mass is 295 g/mol. The van der Waals surface area contributed by atoms with Crippen LogP contribution in [0.15, 0.2) is 30.3 Å². The average molecular weight is 296 g/mol. The number of carbonyl (C=O) groups excluding carboxylic acids is 1. The molecule has 1 unspecified atom stereocenters. The molecular formula is C15H18ClNO3. The molecule has 0 fully saturated rings. The number of amides is 1. The average Bonchev–Trinajstić information content (AvgIpc) is 2.37. The van der Waals surface area contributed by atoms with Crippen molar-refractivity contribution in [3.8, 4) is 0 Å². The Morgan fingerprint density at radius 3 is 2.60 bits per heavy atom. The van der Waals surface area contributed by atoms with Gasteiger partial charge in [0.05, 0.1) is 0 Å². The maximum atomic E-state index is 11.7. The molecule has 2 N–H and O–H groups in total. The largest absolute Gasteiger partial charge is 0.481 e. The minimum absolute atomic E-state index is 0.0447. The summed E-state index contributed by atoms with van der Waals surface area (Å²) < 4.78 is 0. The number of benzene rings is 1. The first kappa shape index (κ1) is 16.2. The highest BCUT2D eigenvalue weighted by Crippen LogP contribution is 2.10. The van der Waals surface area contributed by atoms with E-state index >= 15 is 0 Å². The summed E-state index contributed by atoms with van der Waals surface area (Å²) in [6.07, 6.45) is 4.48. The fourth-order valence-corrected chi connectivity index (χ4v) is 1.79. The molecule has 0 radical (unpaired) electrons. The molecule has 0 spiro atoms. The highest BCUT2D eigenvalue weighted by Gasteiger charge is 2.05. The quantitative estimate of drug-likeness (QED) is 0.760. The molecule has 0 bridgehead atoms. The minimum atomic E-state index is -0.814. The first-order valence-corrected chi connectivity index (χ1v) is 6.81. The molecule has 0 heterocycles. The number of nitrogens with one attached hydrogen (secondary N) is 1. The Balaban J connectivity index is 2.35. The Morgan fingerprint density at radius 1 is 1.35 bits per heavy atom. The molecule has 20 heavy (non-hydrogen) atoms. The smallest absolute Gasteiger partial charge is 0.303 e. The number of halogens is 1. The van der Waals surface area contributed by atoms with Crippen molar-refractivity contribution in [2.75, 3.05) is 0 Å². The topological polar surface area (TPSA) is 66.4 Å². The Morgan fingerprint density at radius 2 is 2.00 bits per heavy atom. The molecule has 0 saturated heterocycles. The molecule has 1 aromatic rings. The molecule has 0 aromatic heterocycles. The molecule has 0 saturated carbocycles. The van der Waals surface area contributed by atoms with Crippen molar-refractivity contribution >= 4 is 29.6 Å². The number of hydrogen-bond donors (Lipinski definition) is 2. The highest BCUT2D eigenvalue weighted by atomic mass is 35.5. The van der Waals surface area contributed by atoms with Gasteiger partial charge >= 0.3 is 5.97 Å². The van der Waals surface area contributed by atoms with Gasteiger partial charge in [-0.2, -0.15) is 0 Å². The predicted octanol–water partition coefficient (Wildman–Crippen LogP) is 3.11. The molecule has 4 nitrogen and oxygen atoms in total. The lowest BCUT2D eigenvalue weighted by Gasteiger charge is -2.11. The zero-order chi connectivity index (χ0) is 15.0. The molecule has 1 amide bonds. The van der Waals surface area contributed by atoms with Crippen LogP contribution in [-0.4, -0.2) is 23.0 Å². The van der Waals surface area contributed by atoms with Gasteiger partial charge in [-0.05, 0) is 43.5 Å². The predicted molar refractivity (Wildman–Crippen MR) is 79.6 cm³/mol. The van der Waals surface area contributed by atoms with E-state index < -0.39 is 5.97 Å². The van der Waals surface area contributed by atoms with E-state index in [9.17, 15) is 9.59 Å². The third-order valence-corrected chi connectivity index (χ3v) is 2.97. The number of carbonyl (C=O) groups is 2. The van der Waals surface area contributed by atoms with Crippen molar-refractivity contribution < 1.29 is 14.7 Å². The van der Waals surface area contributed by atoms with Crippen molar-refractivity contribution in [3.05, 3.63) is 40.9 Å². The molecule has 108 valence electrons. The lowest BCUT2D eigenvalue weighted by molar-refractivity contribution is -0.137. The van der Waals surface area contributed by atoms with Crippen LogP contribution in [0.4, 0.5) is 0 Å². The Bertz CT molecular complexity index is 482. The molecule has 0 aliphatic rings. The number of aliphatic carboxylic acids is 1. The van der Waals surface area contributed by atoms with Crippen LogP contribution in [0.2, 0.25) is 5.02 Å². The van der Waals surface area contributed by atoms with Crippen molar-refractivity contribution in [1.29, 1.82) is 0 Å². The molecule has 1 rings (SSSR count). The van der Waals surface area contributed by atoms with Gasteiger partial charge in [-0.1, -0.05) is 23.7 Å². The zero-order valence-corrected chi connectivity index (χ0v) is 12.1. The van der Waals surface area contributed by atoms with E-state index in [-0.39, 0.29) is 18.4 Å². The van der Waals surface area contributed by atoms with E-state index in [2.05, 4.69) is 5.32 Å². The Hall–Kier alpha value is -1.81. The number of rotatable bonds is 7. The zero-order valence-electron chi connectivity index (χ0n) is 11.3. The molecule has 0 aliphatic carbocycles. The highest BCUT2D eigenvalue weighted by molar-refractivity contribution is 6.30. The maximum absolute atomic E-state index is 11.7. The van der Waals surface area contributed by atoms with Crippen molar-refractivity contribution in [1.82, 2.24) is 5.32 Å².